The molecule has 0 saturated heterocycles. The molecular formula is C12H23N3. The maximum atomic E-state index is 5.69. The third-order valence-corrected chi connectivity index (χ3v) is 2.81. The molecule has 0 bridgehead atoms. The quantitative estimate of drug-likeness (QED) is 0.830. The fourth-order valence-corrected chi connectivity index (χ4v) is 1.69. The second-order valence-corrected chi connectivity index (χ2v) is 5.39. The average Bonchev–Trinajstić information content (AvgIpc) is 2.37. The Morgan fingerprint density at radius 2 is 1.87 bits per heavy atom. The predicted molar refractivity (Wildman–Crippen MR) is 63.7 cm³/mol. The van der Waals surface area contributed by atoms with Gasteiger partial charge in [0.1, 0.15) is 0 Å². The molecule has 0 fully saturated rings. The molecule has 2 N–H and O–H groups in total. The first-order valence-corrected chi connectivity index (χ1v) is 5.58. The van der Waals surface area contributed by atoms with Crippen LogP contribution in [0.15, 0.2) is 0 Å². The van der Waals surface area contributed by atoms with E-state index in [9.17, 15) is 0 Å². The normalized spacial score (nSPS) is 12.1. The number of aromatic nitrogens is 2. The molecule has 3 nitrogen and oxygen atoms in total. The van der Waals surface area contributed by atoms with E-state index in [2.05, 4.69) is 37.5 Å². The smallest absolute Gasteiger partial charge is 0.0641 e. The molecule has 0 atom stereocenters. The Balaban J connectivity index is 2.79. The minimum atomic E-state index is 0.356. The lowest BCUT2D eigenvalue weighted by Crippen LogP contribution is -2.12. The predicted octanol–water partition coefficient (Wildman–Crippen LogP) is 2.39. The lowest BCUT2D eigenvalue weighted by Gasteiger charge is -2.18. The number of hydrogen-bond acceptors (Lipinski definition) is 2. The molecule has 0 unspecified atom stereocenters. The van der Waals surface area contributed by atoms with Crippen molar-refractivity contribution in [3.63, 3.8) is 0 Å². The van der Waals surface area contributed by atoms with Crippen LogP contribution in [0.25, 0.3) is 0 Å². The van der Waals surface area contributed by atoms with Gasteiger partial charge in [-0.3, -0.25) is 4.68 Å². The Hall–Kier alpha value is -0.830. The van der Waals surface area contributed by atoms with Gasteiger partial charge in [0, 0.05) is 24.3 Å². The highest BCUT2D eigenvalue weighted by Crippen LogP contribution is 2.21. The number of aryl methyl sites for hydroxylation is 2. The van der Waals surface area contributed by atoms with Crippen LogP contribution in [0.5, 0.6) is 0 Å². The van der Waals surface area contributed by atoms with Crippen molar-refractivity contribution in [2.24, 2.45) is 11.1 Å². The van der Waals surface area contributed by atoms with E-state index in [-0.39, 0.29) is 0 Å². The minimum Gasteiger partial charge on any atom is -0.326 e. The molecule has 0 aliphatic carbocycles. The van der Waals surface area contributed by atoms with E-state index in [0.29, 0.717) is 12.0 Å². The van der Waals surface area contributed by atoms with Crippen LogP contribution >= 0.6 is 0 Å². The fraction of sp³-hybridized carbons (Fsp3) is 0.750. The molecule has 3 heteroatoms. The van der Waals surface area contributed by atoms with Gasteiger partial charge in [-0.2, -0.15) is 5.10 Å². The summed E-state index contributed by atoms with van der Waals surface area (Å²) in [6.45, 7) is 12.5. The van der Waals surface area contributed by atoms with Crippen LogP contribution in [0.2, 0.25) is 0 Å². The first kappa shape index (κ1) is 12.2. The van der Waals surface area contributed by atoms with Crippen molar-refractivity contribution in [1.29, 1.82) is 0 Å². The molecule has 0 aliphatic rings. The summed E-state index contributed by atoms with van der Waals surface area (Å²) in [4.78, 5) is 0. The SMILES string of the molecule is Cc1nn(CCC(C)(C)C)c(C)c1CN. The summed E-state index contributed by atoms with van der Waals surface area (Å²) in [5.41, 5.74) is 9.54. The summed E-state index contributed by atoms with van der Waals surface area (Å²) in [7, 11) is 0. The Kier molecular flexibility index (Phi) is 3.55. The Morgan fingerprint density at radius 3 is 2.27 bits per heavy atom. The zero-order chi connectivity index (χ0) is 11.6. The van der Waals surface area contributed by atoms with Gasteiger partial charge >= 0.3 is 0 Å². The van der Waals surface area contributed by atoms with E-state index in [1.54, 1.807) is 0 Å². The molecule has 15 heavy (non-hydrogen) atoms. The van der Waals surface area contributed by atoms with Crippen LogP contribution in [0.4, 0.5) is 0 Å². The topological polar surface area (TPSA) is 43.8 Å². The van der Waals surface area contributed by atoms with E-state index in [0.717, 1.165) is 18.7 Å². The molecule has 1 aromatic rings. The summed E-state index contributed by atoms with van der Waals surface area (Å²) in [6, 6.07) is 0. The molecule has 0 aliphatic heterocycles. The fourth-order valence-electron chi connectivity index (χ4n) is 1.69. The van der Waals surface area contributed by atoms with Crippen molar-refractivity contribution in [2.75, 3.05) is 0 Å². The molecular weight excluding hydrogens is 186 g/mol. The van der Waals surface area contributed by atoms with Gasteiger partial charge in [0.2, 0.25) is 0 Å². The van der Waals surface area contributed by atoms with Crippen LogP contribution in [0, 0.1) is 19.3 Å². The van der Waals surface area contributed by atoms with Gasteiger partial charge in [-0.05, 0) is 25.7 Å². The minimum absolute atomic E-state index is 0.356. The van der Waals surface area contributed by atoms with Crippen molar-refractivity contribution in [1.82, 2.24) is 9.78 Å². The van der Waals surface area contributed by atoms with Crippen molar-refractivity contribution in [3.05, 3.63) is 17.0 Å². The second-order valence-electron chi connectivity index (χ2n) is 5.39. The van der Waals surface area contributed by atoms with E-state index < -0.39 is 0 Å². The zero-order valence-corrected chi connectivity index (χ0v) is 10.6. The van der Waals surface area contributed by atoms with Gasteiger partial charge in [0.15, 0.2) is 0 Å². The summed E-state index contributed by atoms with van der Waals surface area (Å²) >= 11 is 0. The highest BCUT2D eigenvalue weighted by atomic mass is 15.3. The molecule has 1 aromatic heterocycles. The van der Waals surface area contributed by atoms with E-state index in [1.807, 2.05) is 6.92 Å². The second kappa shape index (κ2) is 4.35. The van der Waals surface area contributed by atoms with Gasteiger partial charge in [-0.25, -0.2) is 0 Å². The van der Waals surface area contributed by atoms with Crippen LogP contribution in [0.1, 0.15) is 44.1 Å². The van der Waals surface area contributed by atoms with Gasteiger partial charge < -0.3 is 5.73 Å². The number of rotatable bonds is 3. The zero-order valence-electron chi connectivity index (χ0n) is 10.6. The highest BCUT2D eigenvalue weighted by Gasteiger charge is 2.13. The molecule has 0 saturated carbocycles. The number of nitrogens with zero attached hydrogens (tertiary/aromatic N) is 2. The number of hydrogen-bond donors (Lipinski definition) is 1. The lowest BCUT2D eigenvalue weighted by molar-refractivity contribution is 0.338. The lowest BCUT2D eigenvalue weighted by atomic mass is 9.92. The van der Waals surface area contributed by atoms with Crippen LogP contribution in [-0.2, 0) is 13.1 Å². The van der Waals surface area contributed by atoms with Crippen molar-refractivity contribution in [3.8, 4) is 0 Å². The third-order valence-electron chi connectivity index (χ3n) is 2.81. The van der Waals surface area contributed by atoms with Gasteiger partial charge in [0.05, 0.1) is 5.69 Å². The average molecular weight is 209 g/mol. The molecule has 0 radical (unpaired) electrons. The first-order chi connectivity index (χ1) is 6.85. The standard InChI is InChI=1S/C12H23N3/c1-9-11(8-13)10(2)15(14-9)7-6-12(3,4)5/h6-8,13H2,1-5H3. The summed E-state index contributed by atoms with van der Waals surface area (Å²) in [5, 5.41) is 4.52. The van der Waals surface area contributed by atoms with Gasteiger partial charge in [0.25, 0.3) is 0 Å². The van der Waals surface area contributed by atoms with Gasteiger partial charge in [-0.1, -0.05) is 20.8 Å². The maximum Gasteiger partial charge on any atom is 0.0641 e. The van der Waals surface area contributed by atoms with Crippen molar-refractivity contribution >= 4 is 0 Å². The number of nitrogens with two attached hydrogens (primary N) is 1. The molecule has 0 spiro atoms. The van der Waals surface area contributed by atoms with Crippen molar-refractivity contribution in [2.45, 2.75) is 54.1 Å². The van der Waals surface area contributed by atoms with Crippen LogP contribution in [0.3, 0.4) is 0 Å². The summed E-state index contributed by atoms with van der Waals surface area (Å²) in [5.74, 6) is 0. The van der Waals surface area contributed by atoms with Gasteiger partial charge in [-0.15, -0.1) is 0 Å². The monoisotopic (exact) mass is 209 g/mol. The van der Waals surface area contributed by atoms with E-state index in [4.69, 9.17) is 5.73 Å². The Morgan fingerprint density at radius 1 is 1.27 bits per heavy atom. The molecule has 1 rings (SSSR count). The highest BCUT2D eigenvalue weighted by molar-refractivity contribution is 5.23. The van der Waals surface area contributed by atoms with Crippen LogP contribution < -0.4 is 5.73 Å². The molecule has 1 heterocycles. The maximum absolute atomic E-state index is 5.69. The van der Waals surface area contributed by atoms with Crippen molar-refractivity contribution < 1.29 is 0 Å². The third kappa shape index (κ3) is 3.06. The Labute approximate surface area is 92.7 Å². The molecule has 86 valence electrons. The largest absolute Gasteiger partial charge is 0.326 e. The summed E-state index contributed by atoms with van der Waals surface area (Å²) in [6.07, 6.45) is 1.14. The Bertz CT molecular complexity index is 331. The van der Waals surface area contributed by atoms with E-state index in [1.165, 1.54) is 11.3 Å². The molecule has 0 amide bonds. The van der Waals surface area contributed by atoms with Crippen LogP contribution in [-0.4, -0.2) is 9.78 Å². The first-order valence-electron chi connectivity index (χ1n) is 5.58. The molecule has 0 aromatic carbocycles. The van der Waals surface area contributed by atoms with E-state index >= 15 is 0 Å². The summed E-state index contributed by atoms with van der Waals surface area (Å²) < 4.78 is 2.09.